The minimum absolute atomic E-state index is 0.00736. The van der Waals surface area contributed by atoms with Gasteiger partial charge in [0.2, 0.25) is 5.91 Å². The van der Waals surface area contributed by atoms with Crippen molar-refractivity contribution >= 4 is 28.9 Å². The van der Waals surface area contributed by atoms with Gasteiger partial charge in [-0.1, -0.05) is 18.6 Å². The molecule has 2 amide bonds. The molecule has 1 atom stereocenters. The van der Waals surface area contributed by atoms with Gasteiger partial charge in [-0.25, -0.2) is 0 Å². The van der Waals surface area contributed by atoms with Crippen molar-refractivity contribution in [3.8, 4) is 0 Å². The van der Waals surface area contributed by atoms with Crippen molar-refractivity contribution in [2.45, 2.75) is 25.3 Å². The molecule has 7 heteroatoms. The summed E-state index contributed by atoms with van der Waals surface area (Å²) >= 11 is 0. The Bertz CT molecular complexity index is 920. The van der Waals surface area contributed by atoms with Crippen LogP contribution in [-0.2, 0) is 11.8 Å². The highest BCUT2D eigenvalue weighted by Gasteiger charge is 2.33. The van der Waals surface area contributed by atoms with Crippen LogP contribution in [0.2, 0.25) is 0 Å². The van der Waals surface area contributed by atoms with Gasteiger partial charge in [-0.2, -0.15) is 0 Å². The molecule has 1 fully saturated rings. The number of aryl methyl sites for hydroxylation is 1. The third-order valence-corrected chi connectivity index (χ3v) is 5.81. The molecular formula is C22H29N5O2. The van der Waals surface area contributed by atoms with E-state index in [9.17, 15) is 9.59 Å². The molecule has 2 aromatic rings. The Kier molecular flexibility index (Phi) is 5.43. The fourth-order valence-electron chi connectivity index (χ4n) is 4.47. The third-order valence-electron chi connectivity index (χ3n) is 5.81. The molecule has 0 radical (unpaired) electrons. The number of fused-ring (bicyclic) bond motifs is 2. The number of piperidine rings is 1. The van der Waals surface area contributed by atoms with E-state index in [1.165, 1.54) is 6.42 Å². The van der Waals surface area contributed by atoms with Crippen LogP contribution in [0.5, 0.6) is 0 Å². The highest BCUT2D eigenvalue weighted by Crippen LogP contribution is 2.38. The van der Waals surface area contributed by atoms with Crippen molar-refractivity contribution in [1.29, 1.82) is 0 Å². The first-order chi connectivity index (χ1) is 14.0. The SMILES string of the molecule is CN(C)CC1CCCCN1CC(=O)N1c2ccccc2NC(=O)c2c1ccn2C. The number of likely N-dealkylation sites (N-methyl/N-ethyl adjacent to an activating group) is 1. The first kappa shape index (κ1) is 19.7. The van der Waals surface area contributed by atoms with E-state index in [1.54, 1.807) is 9.47 Å². The molecule has 1 N–H and O–H groups in total. The number of anilines is 3. The summed E-state index contributed by atoms with van der Waals surface area (Å²) in [4.78, 5) is 32.6. The topological polar surface area (TPSA) is 60.8 Å². The van der Waals surface area contributed by atoms with Crippen LogP contribution in [-0.4, -0.2) is 66.0 Å². The number of nitrogens with one attached hydrogen (secondary N) is 1. The number of hydrogen-bond donors (Lipinski definition) is 1. The molecular weight excluding hydrogens is 366 g/mol. The standard InChI is InChI=1S/C22H29N5O2/c1-24(2)14-16-8-6-7-12-26(16)15-20(28)27-18-10-5-4-9-17(18)23-22(29)21-19(27)11-13-25(21)3/h4-5,9-11,13,16H,6-8,12,14-15H2,1-3H3,(H,23,29). The van der Waals surface area contributed by atoms with Gasteiger partial charge >= 0.3 is 0 Å². The predicted molar refractivity (Wildman–Crippen MR) is 115 cm³/mol. The summed E-state index contributed by atoms with van der Waals surface area (Å²) in [6, 6.07) is 9.73. The zero-order chi connectivity index (χ0) is 20.5. The van der Waals surface area contributed by atoms with E-state index < -0.39 is 0 Å². The molecule has 29 heavy (non-hydrogen) atoms. The monoisotopic (exact) mass is 395 g/mol. The second-order valence-corrected chi connectivity index (χ2v) is 8.24. The van der Waals surface area contributed by atoms with Crippen LogP contribution in [0.4, 0.5) is 17.1 Å². The Morgan fingerprint density at radius 3 is 2.76 bits per heavy atom. The van der Waals surface area contributed by atoms with Crippen LogP contribution in [0.25, 0.3) is 0 Å². The van der Waals surface area contributed by atoms with Gasteiger partial charge in [-0.15, -0.1) is 0 Å². The summed E-state index contributed by atoms with van der Waals surface area (Å²) < 4.78 is 1.77. The molecule has 0 saturated carbocycles. The van der Waals surface area contributed by atoms with Crippen molar-refractivity contribution in [3.05, 3.63) is 42.2 Å². The predicted octanol–water partition coefficient (Wildman–Crippen LogP) is 2.67. The Hall–Kier alpha value is -2.64. The number of hydrogen-bond acceptors (Lipinski definition) is 4. The van der Waals surface area contributed by atoms with Gasteiger partial charge in [0.1, 0.15) is 5.69 Å². The molecule has 1 unspecified atom stereocenters. The van der Waals surface area contributed by atoms with E-state index >= 15 is 0 Å². The molecule has 0 spiro atoms. The van der Waals surface area contributed by atoms with Crippen LogP contribution in [0.3, 0.4) is 0 Å². The molecule has 1 saturated heterocycles. The Labute approximate surface area is 171 Å². The second-order valence-electron chi connectivity index (χ2n) is 8.24. The lowest BCUT2D eigenvalue weighted by Gasteiger charge is -2.37. The number of carbonyl (C=O) groups excluding carboxylic acids is 2. The fraction of sp³-hybridized carbons (Fsp3) is 0.455. The number of rotatable bonds is 4. The maximum Gasteiger partial charge on any atom is 0.274 e. The average molecular weight is 396 g/mol. The van der Waals surface area contributed by atoms with Crippen LogP contribution in [0.1, 0.15) is 29.8 Å². The van der Waals surface area contributed by atoms with E-state index in [2.05, 4.69) is 29.2 Å². The number of nitrogens with zero attached hydrogens (tertiary/aromatic N) is 4. The second kappa shape index (κ2) is 8.00. The first-order valence-corrected chi connectivity index (χ1v) is 10.2. The van der Waals surface area contributed by atoms with Gasteiger partial charge in [0.05, 0.1) is 23.6 Å². The molecule has 1 aromatic heterocycles. The normalized spacial score (nSPS) is 19.5. The molecule has 2 aliphatic heterocycles. The summed E-state index contributed by atoms with van der Waals surface area (Å²) in [5.41, 5.74) is 2.52. The maximum absolute atomic E-state index is 13.6. The number of carbonyl (C=O) groups is 2. The van der Waals surface area contributed by atoms with Crippen molar-refractivity contribution in [3.63, 3.8) is 0 Å². The molecule has 0 aliphatic carbocycles. The highest BCUT2D eigenvalue weighted by molar-refractivity contribution is 6.17. The van der Waals surface area contributed by atoms with E-state index in [-0.39, 0.29) is 11.8 Å². The lowest BCUT2D eigenvalue weighted by Crippen LogP contribution is -2.49. The summed E-state index contributed by atoms with van der Waals surface area (Å²) in [5.74, 6) is -0.203. The van der Waals surface area contributed by atoms with Gasteiger partial charge in [0, 0.05) is 25.8 Å². The molecule has 1 aromatic carbocycles. The number of likely N-dealkylation sites (tertiary alicyclic amines) is 1. The summed E-state index contributed by atoms with van der Waals surface area (Å²) in [6.07, 6.45) is 5.26. The lowest BCUT2D eigenvalue weighted by atomic mass is 10.0. The third kappa shape index (κ3) is 3.80. The maximum atomic E-state index is 13.6. The van der Waals surface area contributed by atoms with Gasteiger partial charge in [0.15, 0.2) is 0 Å². The molecule has 7 nitrogen and oxygen atoms in total. The summed E-state index contributed by atoms with van der Waals surface area (Å²) in [6.45, 7) is 2.22. The van der Waals surface area contributed by atoms with Crippen molar-refractivity contribution in [2.75, 3.05) is 43.9 Å². The molecule has 4 rings (SSSR count). The van der Waals surface area contributed by atoms with Gasteiger partial charge in [-0.3, -0.25) is 19.4 Å². The zero-order valence-electron chi connectivity index (χ0n) is 17.4. The summed E-state index contributed by atoms with van der Waals surface area (Å²) in [5, 5.41) is 2.95. The smallest absolute Gasteiger partial charge is 0.274 e. The van der Waals surface area contributed by atoms with E-state index in [4.69, 9.17) is 0 Å². The Morgan fingerprint density at radius 2 is 1.97 bits per heavy atom. The lowest BCUT2D eigenvalue weighted by molar-refractivity contribution is -0.120. The number of aromatic nitrogens is 1. The summed E-state index contributed by atoms with van der Waals surface area (Å²) in [7, 11) is 5.98. The van der Waals surface area contributed by atoms with Crippen LogP contribution < -0.4 is 10.2 Å². The molecule has 3 heterocycles. The molecule has 2 aliphatic rings. The highest BCUT2D eigenvalue weighted by atomic mass is 16.2. The minimum Gasteiger partial charge on any atom is -0.345 e. The quantitative estimate of drug-likeness (QED) is 0.865. The van der Waals surface area contributed by atoms with Gasteiger partial charge in [-0.05, 0) is 51.7 Å². The van der Waals surface area contributed by atoms with E-state index in [1.807, 2.05) is 43.6 Å². The molecule has 154 valence electrons. The Balaban J connectivity index is 1.69. The van der Waals surface area contributed by atoms with Crippen LogP contribution >= 0.6 is 0 Å². The number of para-hydroxylation sites is 2. The largest absolute Gasteiger partial charge is 0.345 e. The molecule has 0 bridgehead atoms. The van der Waals surface area contributed by atoms with Gasteiger partial charge in [0.25, 0.3) is 5.91 Å². The van der Waals surface area contributed by atoms with Crippen molar-refractivity contribution < 1.29 is 9.59 Å². The minimum atomic E-state index is -0.196. The number of amides is 2. The Morgan fingerprint density at radius 1 is 1.17 bits per heavy atom. The first-order valence-electron chi connectivity index (χ1n) is 10.2. The van der Waals surface area contributed by atoms with Crippen molar-refractivity contribution in [2.24, 2.45) is 7.05 Å². The van der Waals surface area contributed by atoms with Crippen LogP contribution in [0.15, 0.2) is 36.5 Å². The number of benzene rings is 1. The zero-order valence-corrected chi connectivity index (χ0v) is 17.4. The van der Waals surface area contributed by atoms with E-state index in [0.29, 0.717) is 29.7 Å². The van der Waals surface area contributed by atoms with Crippen LogP contribution in [0, 0.1) is 0 Å². The van der Waals surface area contributed by atoms with Crippen molar-refractivity contribution in [1.82, 2.24) is 14.4 Å². The average Bonchev–Trinajstić information content (AvgIpc) is 2.99. The van der Waals surface area contributed by atoms with E-state index in [0.717, 1.165) is 31.6 Å². The fourth-order valence-corrected chi connectivity index (χ4v) is 4.47. The van der Waals surface area contributed by atoms with Gasteiger partial charge < -0.3 is 14.8 Å².